The predicted molar refractivity (Wildman–Crippen MR) is 99.3 cm³/mol. The number of carbonyl (C=O) groups is 2. The molecule has 0 atom stereocenters. The summed E-state index contributed by atoms with van der Waals surface area (Å²) in [7, 11) is 3.89. The van der Waals surface area contributed by atoms with E-state index in [1.54, 1.807) is 20.0 Å². The molecule has 0 saturated carbocycles. The van der Waals surface area contributed by atoms with Crippen molar-refractivity contribution in [1.29, 1.82) is 0 Å². The van der Waals surface area contributed by atoms with E-state index in [1.807, 2.05) is 61.5 Å². The Kier molecular flexibility index (Phi) is 5.75. The van der Waals surface area contributed by atoms with E-state index in [-0.39, 0.29) is 18.4 Å². The zero-order chi connectivity index (χ0) is 18.4. The zero-order valence-electron chi connectivity index (χ0n) is 15.0. The largest absolute Gasteiger partial charge is 0.378 e. The first-order valence-corrected chi connectivity index (χ1v) is 8.08. The predicted octanol–water partition coefficient (Wildman–Crippen LogP) is 2.43. The Morgan fingerprint density at radius 2 is 1.72 bits per heavy atom. The van der Waals surface area contributed by atoms with E-state index < -0.39 is 5.41 Å². The van der Waals surface area contributed by atoms with Gasteiger partial charge in [-0.15, -0.1) is 0 Å². The van der Waals surface area contributed by atoms with Crippen LogP contribution in [-0.2, 0) is 16.1 Å². The molecule has 0 bridgehead atoms. The van der Waals surface area contributed by atoms with Gasteiger partial charge in [0.1, 0.15) is 5.41 Å². The lowest BCUT2D eigenvalue weighted by Crippen LogP contribution is -2.44. The highest BCUT2D eigenvalue weighted by Gasteiger charge is 2.36. The van der Waals surface area contributed by atoms with Crippen molar-refractivity contribution in [3.8, 4) is 0 Å². The number of hydrogen-bond donors (Lipinski definition) is 2. The Bertz CT molecular complexity index is 725. The molecule has 2 rings (SSSR count). The molecule has 0 unspecified atom stereocenters. The first-order chi connectivity index (χ1) is 11.8. The molecule has 0 aliphatic rings. The lowest BCUT2D eigenvalue weighted by molar-refractivity contribution is -0.138. The van der Waals surface area contributed by atoms with Crippen molar-refractivity contribution >= 4 is 23.2 Å². The summed E-state index contributed by atoms with van der Waals surface area (Å²) in [5.41, 5.74) is 1.23. The number of nitrogens with zero attached hydrogens (tertiary/aromatic N) is 2. The van der Waals surface area contributed by atoms with Crippen molar-refractivity contribution in [2.24, 2.45) is 5.41 Å². The molecule has 25 heavy (non-hydrogen) atoms. The topological polar surface area (TPSA) is 74.3 Å². The number of carbonyl (C=O) groups excluding carboxylic acids is 2. The third-order valence-electron chi connectivity index (χ3n) is 3.93. The molecule has 6 nitrogen and oxygen atoms in total. The Hall–Kier alpha value is -2.89. The standard InChI is InChI=1S/C19H24N4O2/c1-19(2,17(24)21-13-15-7-5-6-12-20-15)18(25)22-14-8-10-16(11-9-14)23(3)4/h5-12H,13H2,1-4H3,(H,21,24)(H,22,25). The van der Waals surface area contributed by atoms with Crippen LogP contribution in [0.4, 0.5) is 11.4 Å². The minimum atomic E-state index is -1.20. The molecule has 0 saturated heterocycles. The molecule has 0 radical (unpaired) electrons. The molecule has 0 spiro atoms. The van der Waals surface area contributed by atoms with Crippen molar-refractivity contribution < 1.29 is 9.59 Å². The van der Waals surface area contributed by atoms with Crippen LogP contribution in [0.25, 0.3) is 0 Å². The summed E-state index contributed by atoms with van der Waals surface area (Å²) >= 11 is 0. The average molecular weight is 340 g/mol. The van der Waals surface area contributed by atoms with E-state index in [4.69, 9.17) is 0 Å². The quantitative estimate of drug-likeness (QED) is 0.792. The minimum Gasteiger partial charge on any atom is -0.378 e. The minimum absolute atomic E-state index is 0.286. The number of pyridine rings is 1. The molecular formula is C19H24N4O2. The number of rotatable bonds is 6. The third-order valence-corrected chi connectivity index (χ3v) is 3.93. The van der Waals surface area contributed by atoms with Crippen LogP contribution in [0.15, 0.2) is 48.7 Å². The number of hydrogen-bond acceptors (Lipinski definition) is 4. The smallest absolute Gasteiger partial charge is 0.239 e. The molecule has 2 amide bonds. The van der Waals surface area contributed by atoms with Gasteiger partial charge in [0.15, 0.2) is 0 Å². The number of nitrogens with one attached hydrogen (secondary N) is 2. The lowest BCUT2D eigenvalue weighted by Gasteiger charge is -2.23. The first kappa shape index (κ1) is 18.4. The van der Waals surface area contributed by atoms with Crippen molar-refractivity contribution in [2.45, 2.75) is 20.4 Å². The number of benzene rings is 1. The lowest BCUT2D eigenvalue weighted by atomic mass is 9.91. The monoisotopic (exact) mass is 340 g/mol. The van der Waals surface area contributed by atoms with Gasteiger partial charge in [0, 0.05) is 31.7 Å². The molecule has 1 aromatic carbocycles. The SMILES string of the molecule is CN(C)c1ccc(NC(=O)C(C)(C)C(=O)NCc2ccccn2)cc1. The van der Waals surface area contributed by atoms with Gasteiger partial charge in [-0.2, -0.15) is 0 Å². The summed E-state index contributed by atoms with van der Waals surface area (Å²) in [4.78, 5) is 31.0. The maximum Gasteiger partial charge on any atom is 0.239 e. The van der Waals surface area contributed by atoms with Crippen LogP contribution in [0.3, 0.4) is 0 Å². The second-order valence-corrected chi connectivity index (χ2v) is 6.52. The average Bonchev–Trinajstić information content (AvgIpc) is 2.60. The maximum atomic E-state index is 12.5. The summed E-state index contributed by atoms with van der Waals surface area (Å²) in [5.74, 6) is -0.704. The fourth-order valence-electron chi connectivity index (χ4n) is 2.13. The highest BCUT2D eigenvalue weighted by molar-refractivity contribution is 6.09. The van der Waals surface area contributed by atoms with Crippen LogP contribution in [0.1, 0.15) is 19.5 Å². The van der Waals surface area contributed by atoms with Crippen LogP contribution in [0.5, 0.6) is 0 Å². The molecule has 1 heterocycles. The second-order valence-electron chi connectivity index (χ2n) is 6.52. The second kappa shape index (κ2) is 7.79. The van der Waals surface area contributed by atoms with Crippen molar-refractivity contribution in [3.05, 3.63) is 54.4 Å². The van der Waals surface area contributed by atoms with Crippen molar-refractivity contribution in [3.63, 3.8) is 0 Å². The van der Waals surface area contributed by atoms with E-state index in [0.29, 0.717) is 5.69 Å². The highest BCUT2D eigenvalue weighted by atomic mass is 16.2. The summed E-state index contributed by atoms with van der Waals surface area (Å²) in [6.07, 6.45) is 1.66. The van der Waals surface area contributed by atoms with Gasteiger partial charge in [-0.25, -0.2) is 0 Å². The molecule has 0 fully saturated rings. The molecule has 2 N–H and O–H groups in total. The van der Waals surface area contributed by atoms with Gasteiger partial charge in [0.05, 0.1) is 12.2 Å². The van der Waals surface area contributed by atoms with Crippen molar-refractivity contribution in [2.75, 3.05) is 24.3 Å². The summed E-state index contributed by atoms with van der Waals surface area (Å²) in [5, 5.41) is 5.55. The fourth-order valence-corrected chi connectivity index (χ4v) is 2.13. The Labute approximate surface area is 148 Å². The Balaban J connectivity index is 1.97. The summed E-state index contributed by atoms with van der Waals surface area (Å²) < 4.78 is 0. The summed E-state index contributed by atoms with van der Waals surface area (Å²) in [6, 6.07) is 12.9. The highest BCUT2D eigenvalue weighted by Crippen LogP contribution is 2.21. The van der Waals surface area contributed by atoms with Gasteiger partial charge in [-0.1, -0.05) is 6.07 Å². The third kappa shape index (κ3) is 4.79. The van der Waals surface area contributed by atoms with Crippen molar-refractivity contribution in [1.82, 2.24) is 10.3 Å². The molecule has 2 aromatic rings. The van der Waals surface area contributed by atoms with E-state index in [0.717, 1.165) is 11.4 Å². The van der Waals surface area contributed by atoms with Crippen LogP contribution in [0, 0.1) is 5.41 Å². The van der Waals surface area contributed by atoms with Gasteiger partial charge in [-0.05, 0) is 50.2 Å². The molecule has 0 aliphatic heterocycles. The van der Waals surface area contributed by atoms with E-state index in [1.165, 1.54) is 0 Å². The first-order valence-electron chi connectivity index (χ1n) is 8.08. The molecule has 0 aliphatic carbocycles. The van der Waals surface area contributed by atoms with E-state index >= 15 is 0 Å². The Morgan fingerprint density at radius 1 is 1.04 bits per heavy atom. The van der Waals surface area contributed by atoms with Gasteiger partial charge in [0.25, 0.3) is 0 Å². The maximum absolute atomic E-state index is 12.5. The number of amides is 2. The van der Waals surface area contributed by atoms with E-state index in [2.05, 4.69) is 15.6 Å². The molecule has 6 heteroatoms. The fraction of sp³-hybridized carbons (Fsp3) is 0.316. The molecule has 132 valence electrons. The van der Waals surface area contributed by atoms with Gasteiger partial charge in [0.2, 0.25) is 11.8 Å². The zero-order valence-corrected chi connectivity index (χ0v) is 15.0. The molecule has 1 aromatic heterocycles. The number of aromatic nitrogens is 1. The summed E-state index contributed by atoms with van der Waals surface area (Å²) in [6.45, 7) is 3.49. The Morgan fingerprint density at radius 3 is 2.28 bits per heavy atom. The molecular weight excluding hydrogens is 316 g/mol. The van der Waals surface area contributed by atoms with E-state index in [9.17, 15) is 9.59 Å². The van der Waals surface area contributed by atoms with Crippen LogP contribution < -0.4 is 15.5 Å². The van der Waals surface area contributed by atoms with Gasteiger partial charge >= 0.3 is 0 Å². The van der Waals surface area contributed by atoms with Crippen LogP contribution in [-0.4, -0.2) is 30.9 Å². The van der Waals surface area contributed by atoms with Gasteiger partial charge < -0.3 is 15.5 Å². The van der Waals surface area contributed by atoms with Crippen LogP contribution in [0.2, 0.25) is 0 Å². The van der Waals surface area contributed by atoms with Gasteiger partial charge in [-0.3, -0.25) is 14.6 Å². The normalized spacial score (nSPS) is 10.9. The number of anilines is 2. The van der Waals surface area contributed by atoms with Crippen LogP contribution >= 0.6 is 0 Å².